The molecule has 0 bridgehead atoms. The van der Waals surface area contributed by atoms with Crippen LogP contribution in [0, 0.1) is 0 Å². The van der Waals surface area contributed by atoms with Crippen molar-refractivity contribution in [2.75, 3.05) is 18.9 Å². The van der Waals surface area contributed by atoms with Crippen molar-refractivity contribution in [3.63, 3.8) is 0 Å². The highest BCUT2D eigenvalue weighted by Gasteiger charge is 2.34. The van der Waals surface area contributed by atoms with Crippen LogP contribution in [0.25, 0.3) is 0 Å². The second kappa shape index (κ2) is 5.83. The average Bonchev–Trinajstić information content (AvgIpc) is 2.38. The highest BCUT2D eigenvalue weighted by molar-refractivity contribution is 5.95. The molecule has 1 aromatic rings. The van der Waals surface area contributed by atoms with Crippen LogP contribution in [0.4, 0.5) is 18.9 Å². The van der Waals surface area contributed by atoms with Crippen LogP contribution in [-0.4, -0.2) is 30.4 Å². The molecule has 3 nitrogen and oxygen atoms in total. The van der Waals surface area contributed by atoms with Gasteiger partial charge in [-0.25, -0.2) is 0 Å². The highest BCUT2D eigenvalue weighted by atomic mass is 19.4. The number of rotatable bonds is 2. The van der Waals surface area contributed by atoms with Gasteiger partial charge in [0.1, 0.15) is 0 Å². The lowest BCUT2D eigenvalue weighted by atomic mass is 10.0. The largest absolute Gasteiger partial charge is 0.418 e. The van der Waals surface area contributed by atoms with E-state index in [-0.39, 0.29) is 17.6 Å². The SMILES string of the molecule is CN1CCCCC1C(=O)Nc1ccccc1C(F)(F)F. The number of nitrogens with zero attached hydrogens (tertiary/aromatic N) is 1. The van der Waals surface area contributed by atoms with Gasteiger partial charge in [0, 0.05) is 0 Å². The lowest BCUT2D eigenvalue weighted by Gasteiger charge is -2.31. The van der Waals surface area contributed by atoms with Crippen molar-refractivity contribution in [3.05, 3.63) is 29.8 Å². The highest BCUT2D eigenvalue weighted by Crippen LogP contribution is 2.34. The van der Waals surface area contributed by atoms with Gasteiger partial charge >= 0.3 is 6.18 Å². The Kier molecular flexibility index (Phi) is 4.32. The number of alkyl halides is 3. The summed E-state index contributed by atoms with van der Waals surface area (Å²) in [5.41, 5.74) is -0.990. The van der Waals surface area contributed by atoms with Crippen molar-refractivity contribution in [3.8, 4) is 0 Å². The molecule has 1 atom stereocenters. The smallest absolute Gasteiger partial charge is 0.324 e. The molecule has 2 rings (SSSR count). The predicted octanol–water partition coefficient (Wildman–Crippen LogP) is 3.13. The topological polar surface area (TPSA) is 32.3 Å². The minimum atomic E-state index is -4.47. The van der Waals surface area contributed by atoms with E-state index in [1.165, 1.54) is 18.2 Å². The van der Waals surface area contributed by atoms with Crippen LogP contribution >= 0.6 is 0 Å². The standard InChI is InChI=1S/C14H17F3N2O/c1-19-9-5-4-8-12(19)13(20)18-11-7-3-2-6-10(11)14(15,16)17/h2-3,6-7,12H,4-5,8-9H2,1H3,(H,18,20). The summed E-state index contributed by atoms with van der Waals surface area (Å²) in [6.45, 7) is 0.791. The van der Waals surface area contributed by atoms with E-state index in [1.807, 2.05) is 11.9 Å². The number of hydrogen-bond acceptors (Lipinski definition) is 2. The molecule has 1 aromatic carbocycles. The molecule has 0 aliphatic carbocycles. The number of carbonyl (C=O) groups excluding carboxylic acids is 1. The van der Waals surface area contributed by atoms with Gasteiger partial charge in [-0.05, 0) is 38.6 Å². The summed E-state index contributed by atoms with van der Waals surface area (Å²) in [4.78, 5) is 14.0. The quantitative estimate of drug-likeness (QED) is 0.906. The fourth-order valence-corrected chi connectivity index (χ4v) is 2.46. The fourth-order valence-electron chi connectivity index (χ4n) is 2.46. The number of anilines is 1. The molecule has 1 saturated heterocycles. The van der Waals surface area contributed by atoms with Gasteiger partial charge in [-0.3, -0.25) is 9.69 Å². The number of halogens is 3. The Morgan fingerprint density at radius 2 is 2.00 bits per heavy atom. The average molecular weight is 286 g/mol. The van der Waals surface area contributed by atoms with E-state index in [0.29, 0.717) is 6.42 Å². The number of nitrogens with one attached hydrogen (secondary N) is 1. The normalized spacial score (nSPS) is 20.7. The number of amides is 1. The first kappa shape index (κ1) is 14.8. The van der Waals surface area contributed by atoms with E-state index in [0.717, 1.165) is 25.5 Å². The van der Waals surface area contributed by atoms with Crippen LogP contribution in [0.3, 0.4) is 0 Å². The van der Waals surface area contributed by atoms with Crippen molar-refractivity contribution in [1.29, 1.82) is 0 Å². The molecule has 1 aliphatic rings. The Bertz CT molecular complexity index is 488. The Labute approximate surface area is 115 Å². The second-order valence-corrected chi connectivity index (χ2v) is 5.02. The van der Waals surface area contributed by atoms with Gasteiger partial charge in [0.05, 0.1) is 17.3 Å². The first-order chi connectivity index (χ1) is 9.39. The van der Waals surface area contributed by atoms with Gasteiger partial charge in [0.15, 0.2) is 0 Å². The molecule has 1 N–H and O–H groups in total. The van der Waals surface area contributed by atoms with E-state index < -0.39 is 11.7 Å². The molecule has 1 amide bonds. The molecule has 0 aromatic heterocycles. The third-order valence-electron chi connectivity index (χ3n) is 3.56. The van der Waals surface area contributed by atoms with E-state index in [9.17, 15) is 18.0 Å². The molecule has 0 spiro atoms. The van der Waals surface area contributed by atoms with Crippen molar-refractivity contribution in [2.45, 2.75) is 31.5 Å². The Morgan fingerprint density at radius 3 is 2.65 bits per heavy atom. The number of hydrogen-bond donors (Lipinski definition) is 1. The monoisotopic (exact) mass is 286 g/mol. The first-order valence-corrected chi connectivity index (χ1v) is 6.57. The summed E-state index contributed by atoms with van der Waals surface area (Å²) in [5.74, 6) is -0.371. The lowest BCUT2D eigenvalue weighted by molar-refractivity contribution is -0.137. The summed E-state index contributed by atoms with van der Waals surface area (Å²) in [6.07, 6.45) is -1.86. The van der Waals surface area contributed by atoms with Crippen molar-refractivity contribution < 1.29 is 18.0 Å². The van der Waals surface area contributed by atoms with Gasteiger partial charge in [-0.1, -0.05) is 18.6 Å². The summed E-state index contributed by atoms with van der Waals surface area (Å²) >= 11 is 0. The van der Waals surface area contributed by atoms with Gasteiger partial charge in [-0.15, -0.1) is 0 Å². The number of likely N-dealkylation sites (N-methyl/N-ethyl adjacent to an activating group) is 1. The second-order valence-electron chi connectivity index (χ2n) is 5.02. The van der Waals surface area contributed by atoms with Crippen LogP contribution < -0.4 is 5.32 Å². The summed E-state index contributed by atoms with van der Waals surface area (Å²) < 4.78 is 38.6. The van der Waals surface area contributed by atoms with Gasteiger partial charge < -0.3 is 5.32 Å². The summed E-state index contributed by atoms with van der Waals surface area (Å²) in [5, 5.41) is 2.42. The minimum absolute atomic E-state index is 0.177. The molecule has 1 unspecified atom stereocenters. The third kappa shape index (κ3) is 3.30. The maximum Gasteiger partial charge on any atom is 0.418 e. The maximum atomic E-state index is 12.9. The Balaban J connectivity index is 2.16. The number of para-hydroxylation sites is 1. The zero-order valence-corrected chi connectivity index (χ0v) is 11.2. The molecule has 6 heteroatoms. The Hall–Kier alpha value is -1.56. The summed E-state index contributed by atoms with van der Waals surface area (Å²) in [7, 11) is 1.82. The number of benzene rings is 1. The fraction of sp³-hybridized carbons (Fsp3) is 0.500. The molecular weight excluding hydrogens is 269 g/mol. The molecule has 0 saturated carbocycles. The minimum Gasteiger partial charge on any atom is -0.324 e. The number of carbonyl (C=O) groups is 1. The predicted molar refractivity (Wildman–Crippen MR) is 70.3 cm³/mol. The van der Waals surface area contributed by atoms with Gasteiger partial charge in [0.2, 0.25) is 5.91 Å². The van der Waals surface area contributed by atoms with Crippen LogP contribution in [0.1, 0.15) is 24.8 Å². The van der Waals surface area contributed by atoms with Crippen LogP contribution in [0.15, 0.2) is 24.3 Å². The van der Waals surface area contributed by atoms with E-state index in [1.54, 1.807) is 0 Å². The molecule has 1 aliphatic heterocycles. The zero-order valence-electron chi connectivity index (χ0n) is 11.2. The summed E-state index contributed by atoms with van der Waals surface area (Å²) in [6, 6.07) is 4.69. The zero-order chi connectivity index (χ0) is 14.8. The lowest BCUT2D eigenvalue weighted by Crippen LogP contribution is -2.44. The Morgan fingerprint density at radius 1 is 1.30 bits per heavy atom. The van der Waals surface area contributed by atoms with Crippen molar-refractivity contribution in [2.24, 2.45) is 0 Å². The number of likely N-dealkylation sites (tertiary alicyclic amines) is 1. The maximum absolute atomic E-state index is 12.9. The third-order valence-corrected chi connectivity index (χ3v) is 3.56. The van der Waals surface area contributed by atoms with E-state index in [2.05, 4.69) is 5.32 Å². The molecule has 1 heterocycles. The van der Waals surface area contributed by atoms with Crippen molar-refractivity contribution >= 4 is 11.6 Å². The van der Waals surface area contributed by atoms with E-state index >= 15 is 0 Å². The molecular formula is C14H17F3N2O. The van der Waals surface area contributed by atoms with Crippen LogP contribution in [-0.2, 0) is 11.0 Å². The molecule has 0 radical (unpaired) electrons. The van der Waals surface area contributed by atoms with Gasteiger partial charge in [0.25, 0.3) is 0 Å². The van der Waals surface area contributed by atoms with Crippen molar-refractivity contribution in [1.82, 2.24) is 4.90 Å². The van der Waals surface area contributed by atoms with Gasteiger partial charge in [-0.2, -0.15) is 13.2 Å². The molecule has 110 valence electrons. The van der Waals surface area contributed by atoms with E-state index in [4.69, 9.17) is 0 Å². The first-order valence-electron chi connectivity index (χ1n) is 6.57. The van der Waals surface area contributed by atoms with Crippen LogP contribution in [0.5, 0.6) is 0 Å². The molecule has 20 heavy (non-hydrogen) atoms. The van der Waals surface area contributed by atoms with Crippen LogP contribution in [0.2, 0.25) is 0 Å². The number of piperidine rings is 1. The molecule has 1 fully saturated rings.